The van der Waals surface area contributed by atoms with E-state index in [1.54, 1.807) is 0 Å². The molecule has 0 radical (unpaired) electrons. The topological polar surface area (TPSA) is 48.1 Å². The highest BCUT2D eigenvalue weighted by Gasteiger charge is 2.21. The summed E-state index contributed by atoms with van der Waals surface area (Å²) in [6, 6.07) is 1.14. The van der Waals surface area contributed by atoms with Crippen LogP contribution in [0.3, 0.4) is 0 Å². The molecular formula is C31H58N4. The predicted octanol–water partition coefficient (Wildman–Crippen LogP) is 6.51. The molecule has 0 heterocycles. The molecule has 35 heavy (non-hydrogen) atoms. The maximum absolute atomic E-state index is 3.75. The van der Waals surface area contributed by atoms with Crippen LogP contribution in [0.15, 0.2) is 101 Å². The number of rotatable bonds is 16. The lowest BCUT2D eigenvalue weighted by atomic mass is 9.98. The van der Waals surface area contributed by atoms with Gasteiger partial charge < -0.3 is 16.0 Å². The second kappa shape index (κ2) is 26.4. The molecule has 202 valence electrons. The van der Waals surface area contributed by atoms with E-state index in [4.69, 9.17) is 0 Å². The summed E-state index contributed by atoms with van der Waals surface area (Å²) in [6.07, 6.45) is 14.9. The zero-order chi connectivity index (χ0) is 28.3. The summed E-state index contributed by atoms with van der Waals surface area (Å²) in [6.45, 7) is 46.2. The van der Waals surface area contributed by atoms with Gasteiger partial charge in [-0.15, -0.1) is 52.6 Å². The molecule has 0 spiro atoms. The molecule has 0 aliphatic carbocycles. The van der Waals surface area contributed by atoms with Gasteiger partial charge in [0, 0.05) is 48.8 Å². The van der Waals surface area contributed by atoms with Gasteiger partial charge in [0.2, 0.25) is 0 Å². The van der Waals surface area contributed by atoms with Crippen LogP contribution in [0.2, 0.25) is 0 Å². The highest BCUT2D eigenvalue weighted by Crippen LogP contribution is 2.12. The van der Waals surface area contributed by atoms with Crippen LogP contribution in [0.5, 0.6) is 0 Å². The fourth-order valence-corrected chi connectivity index (χ4v) is 2.12. The molecule has 0 saturated carbocycles. The maximum atomic E-state index is 3.75. The maximum Gasteiger partial charge on any atom is 0.0312 e. The minimum atomic E-state index is -0.0301. The van der Waals surface area contributed by atoms with Gasteiger partial charge in [0.15, 0.2) is 0 Å². The van der Waals surface area contributed by atoms with Crippen molar-refractivity contribution < 1.29 is 0 Å². The first kappa shape index (κ1) is 40.0. The minimum absolute atomic E-state index is 0.0301. The highest BCUT2D eigenvalue weighted by atomic mass is 15.0. The van der Waals surface area contributed by atoms with Gasteiger partial charge in [0.05, 0.1) is 0 Å². The summed E-state index contributed by atoms with van der Waals surface area (Å²) in [7, 11) is 0. The molecule has 0 bridgehead atoms. The molecule has 3 unspecified atom stereocenters. The van der Waals surface area contributed by atoms with E-state index in [2.05, 4.69) is 122 Å². The number of nitrogens with one attached hydrogen (secondary N) is 4. The zero-order valence-corrected chi connectivity index (χ0v) is 24.1. The van der Waals surface area contributed by atoms with E-state index < -0.39 is 0 Å². The summed E-state index contributed by atoms with van der Waals surface area (Å²) in [5.41, 5.74) is -0.0601. The van der Waals surface area contributed by atoms with E-state index in [9.17, 15) is 0 Å². The third-order valence-corrected chi connectivity index (χ3v) is 4.41. The first-order valence-corrected chi connectivity index (χ1v) is 12.2. The Morgan fingerprint density at radius 2 is 0.914 bits per heavy atom. The van der Waals surface area contributed by atoms with Gasteiger partial charge in [-0.2, -0.15) is 0 Å². The van der Waals surface area contributed by atoms with Gasteiger partial charge in [0.1, 0.15) is 0 Å². The van der Waals surface area contributed by atoms with Gasteiger partial charge in [-0.1, -0.05) is 48.6 Å². The Labute approximate surface area is 219 Å². The molecule has 0 aromatic carbocycles. The monoisotopic (exact) mass is 486 g/mol. The van der Waals surface area contributed by atoms with Crippen LogP contribution in [-0.2, 0) is 0 Å². The molecule has 0 rings (SSSR count). The van der Waals surface area contributed by atoms with Crippen LogP contribution < -0.4 is 21.3 Å². The van der Waals surface area contributed by atoms with Crippen molar-refractivity contribution in [2.75, 3.05) is 19.6 Å². The summed E-state index contributed by atoms with van der Waals surface area (Å²) in [5.74, 6) is 0. The van der Waals surface area contributed by atoms with Crippen LogP contribution in [-0.4, -0.2) is 48.8 Å². The van der Waals surface area contributed by atoms with Crippen molar-refractivity contribution in [3.05, 3.63) is 101 Å². The Morgan fingerprint density at radius 1 is 0.571 bits per heavy atom. The fraction of sp³-hybridized carbons (Fsp3) is 0.484. The SMILES string of the molecule is C=CC(C)(C)NC(C)(C)C=C.C=CC(C)NC(C)C=C.C=CCNC(C)C=C.C=CCNCC=C. The molecular weight excluding hydrogens is 428 g/mol. The van der Waals surface area contributed by atoms with Crippen molar-refractivity contribution in [2.45, 2.75) is 77.7 Å². The lowest BCUT2D eigenvalue weighted by molar-refractivity contribution is 0.362. The Hall–Kier alpha value is -2.24. The first-order valence-electron chi connectivity index (χ1n) is 12.2. The molecule has 3 atom stereocenters. The number of hydrogen-bond donors (Lipinski definition) is 4. The molecule has 0 saturated heterocycles. The van der Waals surface area contributed by atoms with Gasteiger partial charge in [-0.3, -0.25) is 5.32 Å². The summed E-state index contributed by atoms with van der Waals surface area (Å²) in [5, 5.41) is 12.8. The molecule has 0 aromatic heterocycles. The predicted molar refractivity (Wildman–Crippen MR) is 165 cm³/mol. The Morgan fingerprint density at radius 3 is 1.17 bits per heavy atom. The molecule has 0 amide bonds. The van der Waals surface area contributed by atoms with Crippen molar-refractivity contribution in [2.24, 2.45) is 0 Å². The average Bonchev–Trinajstić information content (AvgIpc) is 2.83. The third-order valence-electron chi connectivity index (χ3n) is 4.41. The Balaban J connectivity index is -0.000000186. The number of hydrogen-bond acceptors (Lipinski definition) is 4. The van der Waals surface area contributed by atoms with Crippen LogP contribution in [0, 0.1) is 0 Å². The molecule has 0 aliphatic heterocycles. The van der Waals surface area contributed by atoms with E-state index in [-0.39, 0.29) is 11.1 Å². The van der Waals surface area contributed by atoms with E-state index >= 15 is 0 Å². The van der Waals surface area contributed by atoms with Crippen LogP contribution in [0.4, 0.5) is 0 Å². The van der Waals surface area contributed by atoms with E-state index in [0.29, 0.717) is 18.1 Å². The van der Waals surface area contributed by atoms with E-state index in [1.165, 1.54) is 0 Å². The average molecular weight is 487 g/mol. The van der Waals surface area contributed by atoms with E-state index in [0.717, 1.165) is 19.6 Å². The van der Waals surface area contributed by atoms with Crippen molar-refractivity contribution in [1.29, 1.82) is 0 Å². The van der Waals surface area contributed by atoms with Crippen LogP contribution in [0.25, 0.3) is 0 Å². The summed E-state index contributed by atoms with van der Waals surface area (Å²) < 4.78 is 0. The van der Waals surface area contributed by atoms with E-state index in [1.807, 2.05) is 48.6 Å². The Kier molecular flexibility index (Phi) is 30.1. The zero-order valence-electron chi connectivity index (χ0n) is 24.1. The van der Waals surface area contributed by atoms with Crippen molar-refractivity contribution in [3.63, 3.8) is 0 Å². The molecule has 0 fully saturated rings. The van der Waals surface area contributed by atoms with Crippen LogP contribution in [0.1, 0.15) is 48.5 Å². The van der Waals surface area contributed by atoms with Crippen LogP contribution >= 0.6 is 0 Å². The highest BCUT2D eigenvalue weighted by molar-refractivity contribution is 5.05. The molecule has 0 aliphatic rings. The van der Waals surface area contributed by atoms with Crippen molar-refractivity contribution in [3.8, 4) is 0 Å². The smallest absolute Gasteiger partial charge is 0.0312 e. The van der Waals surface area contributed by atoms with Gasteiger partial charge in [-0.05, 0) is 48.5 Å². The molecule has 4 heteroatoms. The van der Waals surface area contributed by atoms with Crippen molar-refractivity contribution >= 4 is 0 Å². The second-order valence-electron chi connectivity index (χ2n) is 9.15. The third kappa shape index (κ3) is 36.5. The lowest BCUT2D eigenvalue weighted by Gasteiger charge is -2.32. The largest absolute Gasteiger partial charge is 0.310 e. The first-order chi connectivity index (χ1) is 16.3. The molecule has 4 nitrogen and oxygen atoms in total. The standard InChI is InChI=1S/C10H19N.C8H15N.C7H13N.C6H11N/c1-7-9(3,4)11-10(5,6)8-2;1-5-7(3)9-8(4)6-2;1-4-6-8-7(3)5-2;1-3-5-7-6-4-2/h7-8,11H,1-2H2,3-6H3;5-9H,1-2H2,3-4H3;4-5,7-8H,1-2,6H2,3H3;3-4,7H,1-2,5-6H2. The summed E-state index contributed by atoms with van der Waals surface area (Å²) >= 11 is 0. The van der Waals surface area contributed by atoms with Crippen molar-refractivity contribution in [1.82, 2.24) is 21.3 Å². The van der Waals surface area contributed by atoms with Gasteiger partial charge in [0.25, 0.3) is 0 Å². The second-order valence-corrected chi connectivity index (χ2v) is 9.15. The quantitative estimate of drug-likeness (QED) is 0.148. The normalized spacial score (nSPS) is 12.7. The van der Waals surface area contributed by atoms with Gasteiger partial charge >= 0.3 is 0 Å². The molecule has 0 aromatic rings. The summed E-state index contributed by atoms with van der Waals surface area (Å²) in [4.78, 5) is 0. The lowest BCUT2D eigenvalue weighted by Crippen LogP contribution is -2.49. The minimum Gasteiger partial charge on any atom is -0.310 e. The van der Waals surface area contributed by atoms with Gasteiger partial charge in [-0.25, -0.2) is 0 Å². The fourth-order valence-electron chi connectivity index (χ4n) is 2.12. The molecule has 4 N–H and O–H groups in total. The Bertz CT molecular complexity index is 549.